The zero-order valence-corrected chi connectivity index (χ0v) is 13.5. The maximum absolute atomic E-state index is 12.2. The molecule has 1 aromatic heterocycles. The minimum absolute atomic E-state index is 0.0309. The fourth-order valence-electron chi connectivity index (χ4n) is 2.04. The summed E-state index contributed by atoms with van der Waals surface area (Å²) in [7, 11) is 0. The predicted octanol–water partition coefficient (Wildman–Crippen LogP) is 2.30. The minimum Gasteiger partial charge on any atom is -0.360 e. The summed E-state index contributed by atoms with van der Waals surface area (Å²) < 4.78 is 5.16. The normalized spacial score (nSPS) is 13.3. The van der Waals surface area contributed by atoms with Gasteiger partial charge in [-0.2, -0.15) is 0 Å². The van der Waals surface area contributed by atoms with E-state index in [-0.39, 0.29) is 11.3 Å². The third kappa shape index (κ3) is 3.82. The Kier molecular flexibility index (Phi) is 5.74. The highest BCUT2D eigenvalue weighted by atomic mass is 16.5. The average molecular weight is 281 g/mol. The largest absolute Gasteiger partial charge is 0.360 e. The number of carbonyl (C=O) groups is 1. The Balaban J connectivity index is 2.65. The SMILES string of the molecule is CCNC(C)C(C)(C)CNC(=O)c1noc(CC)c1C. The van der Waals surface area contributed by atoms with Gasteiger partial charge in [0.2, 0.25) is 0 Å². The molecule has 0 aromatic carbocycles. The summed E-state index contributed by atoms with van der Waals surface area (Å²) in [5, 5.41) is 10.2. The number of aromatic nitrogens is 1. The summed E-state index contributed by atoms with van der Waals surface area (Å²) >= 11 is 0. The average Bonchev–Trinajstić information content (AvgIpc) is 2.77. The van der Waals surface area contributed by atoms with Crippen LogP contribution in [0, 0.1) is 12.3 Å². The maximum Gasteiger partial charge on any atom is 0.273 e. The highest BCUT2D eigenvalue weighted by molar-refractivity contribution is 5.93. The van der Waals surface area contributed by atoms with Crippen LogP contribution in [0.5, 0.6) is 0 Å². The Labute approximate surface area is 121 Å². The third-order valence-electron chi connectivity index (χ3n) is 3.94. The van der Waals surface area contributed by atoms with Crippen molar-refractivity contribution in [3.05, 3.63) is 17.0 Å². The van der Waals surface area contributed by atoms with Crippen LogP contribution in [-0.2, 0) is 6.42 Å². The van der Waals surface area contributed by atoms with E-state index >= 15 is 0 Å². The van der Waals surface area contributed by atoms with Crippen molar-refractivity contribution >= 4 is 5.91 Å². The van der Waals surface area contributed by atoms with E-state index in [1.165, 1.54) is 0 Å². The van der Waals surface area contributed by atoms with Gasteiger partial charge < -0.3 is 15.2 Å². The topological polar surface area (TPSA) is 67.2 Å². The molecule has 1 unspecified atom stereocenters. The zero-order chi connectivity index (χ0) is 15.3. The molecule has 1 heterocycles. The van der Waals surface area contributed by atoms with Gasteiger partial charge >= 0.3 is 0 Å². The van der Waals surface area contributed by atoms with Crippen LogP contribution < -0.4 is 10.6 Å². The van der Waals surface area contributed by atoms with Crippen LogP contribution in [0.15, 0.2) is 4.52 Å². The maximum atomic E-state index is 12.2. The van der Waals surface area contributed by atoms with Gasteiger partial charge in [-0.15, -0.1) is 0 Å². The number of hydrogen-bond donors (Lipinski definition) is 2. The van der Waals surface area contributed by atoms with Crippen LogP contribution in [0.4, 0.5) is 0 Å². The first-order valence-electron chi connectivity index (χ1n) is 7.30. The van der Waals surface area contributed by atoms with Gasteiger partial charge in [0.1, 0.15) is 5.76 Å². The lowest BCUT2D eigenvalue weighted by molar-refractivity contribution is 0.0919. The molecule has 0 spiro atoms. The van der Waals surface area contributed by atoms with Gasteiger partial charge in [-0.25, -0.2) is 0 Å². The molecule has 0 fully saturated rings. The molecule has 114 valence electrons. The number of hydrogen-bond acceptors (Lipinski definition) is 4. The minimum atomic E-state index is -0.164. The molecule has 5 nitrogen and oxygen atoms in total. The number of nitrogens with zero attached hydrogens (tertiary/aromatic N) is 1. The van der Waals surface area contributed by atoms with Gasteiger partial charge in [0.25, 0.3) is 5.91 Å². The lowest BCUT2D eigenvalue weighted by Gasteiger charge is -2.32. The van der Waals surface area contributed by atoms with Gasteiger partial charge in [0.15, 0.2) is 5.69 Å². The van der Waals surface area contributed by atoms with E-state index in [0.29, 0.717) is 18.3 Å². The number of rotatable bonds is 7. The van der Waals surface area contributed by atoms with Gasteiger partial charge in [-0.05, 0) is 25.8 Å². The fourth-order valence-corrected chi connectivity index (χ4v) is 2.04. The Bertz CT molecular complexity index is 452. The molecule has 0 bridgehead atoms. The summed E-state index contributed by atoms with van der Waals surface area (Å²) in [6.45, 7) is 13.8. The summed E-state index contributed by atoms with van der Waals surface area (Å²) in [5.74, 6) is 0.609. The summed E-state index contributed by atoms with van der Waals surface area (Å²) in [6.07, 6.45) is 0.745. The molecular formula is C15H27N3O2. The molecule has 2 N–H and O–H groups in total. The van der Waals surface area contributed by atoms with Crippen molar-refractivity contribution in [1.29, 1.82) is 0 Å². The lowest BCUT2D eigenvalue weighted by Crippen LogP contribution is -2.46. The Morgan fingerprint density at radius 3 is 2.55 bits per heavy atom. The fraction of sp³-hybridized carbons (Fsp3) is 0.733. The standard InChI is InChI=1S/C15H27N3O2/c1-7-12-10(3)13(18-20-12)14(19)17-9-15(5,6)11(4)16-8-2/h11,16H,7-9H2,1-6H3,(H,17,19). The molecular weight excluding hydrogens is 254 g/mol. The third-order valence-corrected chi connectivity index (χ3v) is 3.94. The first kappa shape index (κ1) is 16.7. The molecule has 0 aliphatic rings. The molecule has 0 radical (unpaired) electrons. The van der Waals surface area contributed by atoms with E-state index in [1.807, 2.05) is 13.8 Å². The van der Waals surface area contributed by atoms with Crippen molar-refractivity contribution in [2.75, 3.05) is 13.1 Å². The van der Waals surface area contributed by atoms with Crippen molar-refractivity contribution in [2.24, 2.45) is 5.41 Å². The predicted molar refractivity (Wildman–Crippen MR) is 79.9 cm³/mol. The Morgan fingerprint density at radius 1 is 1.40 bits per heavy atom. The zero-order valence-electron chi connectivity index (χ0n) is 13.5. The van der Waals surface area contributed by atoms with E-state index < -0.39 is 0 Å². The number of aryl methyl sites for hydroxylation is 1. The summed E-state index contributed by atoms with van der Waals surface area (Å²) in [5.41, 5.74) is 1.20. The Morgan fingerprint density at radius 2 is 2.05 bits per heavy atom. The smallest absolute Gasteiger partial charge is 0.273 e. The molecule has 20 heavy (non-hydrogen) atoms. The highest BCUT2D eigenvalue weighted by Gasteiger charge is 2.27. The van der Waals surface area contributed by atoms with E-state index in [9.17, 15) is 4.79 Å². The van der Waals surface area contributed by atoms with Crippen LogP contribution >= 0.6 is 0 Å². The molecule has 0 saturated heterocycles. The molecule has 5 heteroatoms. The van der Waals surface area contributed by atoms with Crippen LogP contribution in [0.3, 0.4) is 0 Å². The second-order valence-electron chi connectivity index (χ2n) is 5.88. The van der Waals surface area contributed by atoms with Crippen molar-refractivity contribution in [2.45, 2.75) is 54.0 Å². The van der Waals surface area contributed by atoms with Crippen LogP contribution in [0.2, 0.25) is 0 Å². The molecule has 0 aliphatic carbocycles. The molecule has 1 atom stereocenters. The number of carbonyl (C=O) groups excluding carboxylic acids is 1. The van der Waals surface area contributed by atoms with Crippen LogP contribution in [-0.4, -0.2) is 30.2 Å². The van der Waals surface area contributed by atoms with E-state index in [2.05, 4.69) is 43.5 Å². The second-order valence-corrected chi connectivity index (χ2v) is 5.88. The van der Waals surface area contributed by atoms with Gasteiger partial charge in [0, 0.05) is 24.6 Å². The van der Waals surface area contributed by atoms with Crippen molar-refractivity contribution in [1.82, 2.24) is 15.8 Å². The van der Waals surface area contributed by atoms with Crippen LogP contribution in [0.25, 0.3) is 0 Å². The van der Waals surface area contributed by atoms with Gasteiger partial charge in [-0.1, -0.05) is 32.9 Å². The summed E-state index contributed by atoms with van der Waals surface area (Å²) in [4.78, 5) is 12.2. The second kappa shape index (κ2) is 6.88. The van der Waals surface area contributed by atoms with Crippen LogP contribution in [0.1, 0.15) is 56.4 Å². The van der Waals surface area contributed by atoms with E-state index in [0.717, 1.165) is 24.3 Å². The van der Waals surface area contributed by atoms with Gasteiger partial charge in [-0.3, -0.25) is 4.79 Å². The Hall–Kier alpha value is -1.36. The molecule has 0 saturated carbocycles. The first-order valence-corrected chi connectivity index (χ1v) is 7.30. The quantitative estimate of drug-likeness (QED) is 0.805. The van der Waals surface area contributed by atoms with E-state index in [1.54, 1.807) is 0 Å². The monoisotopic (exact) mass is 281 g/mol. The highest BCUT2D eigenvalue weighted by Crippen LogP contribution is 2.20. The first-order chi connectivity index (χ1) is 9.33. The summed E-state index contributed by atoms with van der Waals surface area (Å²) in [6, 6.07) is 0.317. The van der Waals surface area contributed by atoms with Crippen molar-refractivity contribution < 1.29 is 9.32 Å². The molecule has 1 rings (SSSR count). The molecule has 0 aliphatic heterocycles. The van der Waals surface area contributed by atoms with Gasteiger partial charge in [0.05, 0.1) is 0 Å². The van der Waals surface area contributed by atoms with Crippen molar-refractivity contribution in [3.8, 4) is 0 Å². The molecule has 1 amide bonds. The number of nitrogens with one attached hydrogen (secondary N) is 2. The van der Waals surface area contributed by atoms with E-state index in [4.69, 9.17) is 4.52 Å². The number of amides is 1. The molecule has 1 aromatic rings. The van der Waals surface area contributed by atoms with Crippen molar-refractivity contribution in [3.63, 3.8) is 0 Å². The lowest BCUT2D eigenvalue weighted by atomic mass is 9.85.